The zero-order valence-corrected chi connectivity index (χ0v) is 12.3. The highest BCUT2D eigenvalue weighted by Crippen LogP contribution is 2.35. The van der Waals surface area contributed by atoms with Crippen LogP contribution in [0, 0.1) is 0 Å². The molecule has 0 saturated carbocycles. The van der Waals surface area contributed by atoms with Crippen molar-refractivity contribution in [2.45, 2.75) is 18.1 Å². The van der Waals surface area contributed by atoms with Gasteiger partial charge in [0.2, 0.25) is 11.8 Å². The standard InChI is InChI=1S/C14H15NO5S/c1-20-10-5-3-2-4-9(10)15-12(16)8-11(14(15)19)21-7-6-13(17)18/h2-5,11H,6-8H2,1H3,(H,17,18). The zero-order valence-electron chi connectivity index (χ0n) is 11.4. The molecule has 1 unspecified atom stereocenters. The van der Waals surface area contributed by atoms with Gasteiger partial charge in [-0.15, -0.1) is 11.8 Å². The molecule has 21 heavy (non-hydrogen) atoms. The number of carboxylic acid groups (broad SMARTS) is 1. The number of rotatable bonds is 6. The quantitative estimate of drug-likeness (QED) is 0.802. The minimum atomic E-state index is -0.916. The number of carboxylic acids is 1. The van der Waals surface area contributed by atoms with Crippen LogP contribution in [0.2, 0.25) is 0 Å². The van der Waals surface area contributed by atoms with E-state index in [1.54, 1.807) is 24.3 Å². The maximum absolute atomic E-state index is 12.3. The van der Waals surface area contributed by atoms with E-state index in [9.17, 15) is 14.4 Å². The summed E-state index contributed by atoms with van der Waals surface area (Å²) in [4.78, 5) is 36.0. The number of hydrogen-bond acceptors (Lipinski definition) is 5. The average Bonchev–Trinajstić information content (AvgIpc) is 2.73. The van der Waals surface area contributed by atoms with Crippen LogP contribution in [0.4, 0.5) is 5.69 Å². The third kappa shape index (κ3) is 3.36. The summed E-state index contributed by atoms with van der Waals surface area (Å²) >= 11 is 1.20. The fourth-order valence-corrected chi connectivity index (χ4v) is 3.18. The van der Waals surface area contributed by atoms with Gasteiger partial charge in [0.05, 0.1) is 24.5 Å². The lowest BCUT2D eigenvalue weighted by atomic mass is 10.2. The Hall–Kier alpha value is -2.02. The summed E-state index contributed by atoms with van der Waals surface area (Å²) in [5.74, 6) is -0.771. The van der Waals surface area contributed by atoms with Crippen molar-refractivity contribution in [1.82, 2.24) is 0 Å². The van der Waals surface area contributed by atoms with Crippen molar-refractivity contribution >= 4 is 35.2 Å². The second-order valence-electron chi connectivity index (χ2n) is 4.45. The van der Waals surface area contributed by atoms with Gasteiger partial charge >= 0.3 is 5.97 Å². The molecule has 7 heteroatoms. The largest absolute Gasteiger partial charge is 0.495 e. The van der Waals surface area contributed by atoms with Crippen LogP contribution in [0.5, 0.6) is 5.75 Å². The molecule has 112 valence electrons. The Bertz CT molecular complexity index is 574. The number of para-hydroxylation sites is 2. The van der Waals surface area contributed by atoms with E-state index in [1.807, 2.05) is 0 Å². The van der Waals surface area contributed by atoms with Crippen LogP contribution in [-0.4, -0.2) is 41.0 Å². The number of ether oxygens (including phenoxy) is 1. The number of carbonyl (C=O) groups excluding carboxylic acids is 2. The van der Waals surface area contributed by atoms with E-state index < -0.39 is 11.2 Å². The fourth-order valence-electron chi connectivity index (χ4n) is 2.09. The minimum Gasteiger partial charge on any atom is -0.495 e. The van der Waals surface area contributed by atoms with E-state index in [0.29, 0.717) is 17.2 Å². The number of imide groups is 1. The van der Waals surface area contributed by atoms with Gasteiger partial charge in [-0.1, -0.05) is 12.1 Å². The molecular weight excluding hydrogens is 294 g/mol. The van der Waals surface area contributed by atoms with Crippen molar-refractivity contribution < 1.29 is 24.2 Å². The molecule has 2 rings (SSSR count). The van der Waals surface area contributed by atoms with Crippen molar-refractivity contribution in [3.8, 4) is 5.75 Å². The second kappa shape index (κ2) is 6.62. The predicted molar refractivity (Wildman–Crippen MR) is 78.6 cm³/mol. The highest BCUT2D eigenvalue weighted by atomic mass is 32.2. The molecule has 1 heterocycles. The molecule has 6 nitrogen and oxygen atoms in total. The first-order valence-corrected chi connectivity index (χ1v) is 7.42. The van der Waals surface area contributed by atoms with Crippen molar-refractivity contribution in [2.24, 2.45) is 0 Å². The summed E-state index contributed by atoms with van der Waals surface area (Å²) in [5.41, 5.74) is 0.427. The van der Waals surface area contributed by atoms with Gasteiger partial charge in [0.15, 0.2) is 0 Å². The molecule has 0 bridgehead atoms. The lowest BCUT2D eigenvalue weighted by Crippen LogP contribution is -2.31. The lowest BCUT2D eigenvalue weighted by Gasteiger charge is -2.17. The first kappa shape index (κ1) is 15.4. The highest BCUT2D eigenvalue weighted by molar-refractivity contribution is 8.00. The molecule has 0 spiro atoms. The van der Waals surface area contributed by atoms with Gasteiger partial charge in [-0.25, -0.2) is 4.90 Å². The summed E-state index contributed by atoms with van der Waals surface area (Å²) in [6.45, 7) is 0. The molecular formula is C14H15NO5S. The molecule has 1 fully saturated rings. The monoisotopic (exact) mass is 309 g/mol. The van der Waals surface area contributed by atoms with Crippen LogP contribution < -0.4 is 9.64 Å². The SMILES string of the molecule is COc1ccccc1N1C(=O)CC(SCCC(=O)O)C1=O. The van der Waals surface area contributed by atoms with Crippen molar-refractivity contribution in [2.75, 3.05) is 17.8 Å². The number of amides is 2. The topological polar surface area (TPSA) is 83.9 Å². The normalized spacial score (nSPS) is 18.1. The van der Waals surface area contributed by atoms with Crippen LogP contribution in [0.15, 0.2) is 24.3 Å². The summed E-state index contributed by atoms with van der Waals surface area (Å²) in [5, 5.41) is 8.09. The van der Waals surface area contributed by atoms with Gasteiger partial charge in [0.1, 0.15) is 5.75 Å². The summed E-state index contributed by atoms with van der Waals surface area (Å²) < 4.78 is 5.17. The number of nitrogens with zero attached hydrogens (tertiary/aromatic N) is 1. The Balaban J connectivity index is 2.13. The first-order chi connectivity index (χ1) is 10.0. The summed E-state index contributed by atoms with van der Waals surface area (Å²) in [6.07, 6.45) is 0.0540. The lowest BCUT2D eigenvalue weighted by molar-refractivity contribution is -0.136. The third-order valence-electron chi connectivity index (χ3n) is 3.07. The summed E-state index contributed by atoms with van der Waals surface area (Å²) in [7, 11) is 1.48. The Morgan fingerprint density at radius 1 is 1.43 bits per heavy atom. The maximum atomic E-state index is 12.3. The maximum Gasteiger partial charge on any atom is 0.304 e. The van der Waals surface area contributed by atoms with E-state index in [1.165, 1.54) is 18.9 Å². The van der Waals surface area contributed by atoms with Crippen LogP contribution in [0.25, 0.3) is 0 Å². The molecule has 0 radical (unpaired) electrons. The smallest absolute Gasteiger partial charge is 0.304 e. The Morgan fingerprint density at radius 3 is 2.81 bits per heavy atom. The molecule has 1 aromatic carbocycles. The zero-order chi connectivity index (χ0) is 15.4. The predicted octanol–water partition coefficient (Wildman–Crippen LogP) is 1.53. The van der Waals surface area contributed by atoms with Gasteiger partial charge in [-0.05, 0) is 12.1 Å². The Morgan fingerprint density at radius 2 is 2.14 bits per heavy atom. The van der Waals surface area contributed by atoms with Gasteiger partial charge in [0, 0.05) is 12.2 Å². The Labute approximate surface area is 126 Å². The van der Waals surface area contributed by atoms with E-state index in [0.717, 1.165) is 4.90 Å². The van der Waals surface area contributed by atoms with Crippen molar-refractivity contribution in [3.63, 3.8) is 0 Å². The van der Waals surface area contributed by atoms with E-state index in [2.05, 4.69) is 0 Å². The molecule has 1 atom stereocenters. The number of anilines is 1. The molecule has 1 N–H and O–H groups in total. The molecule has 1 aromatic rings. The van der Waals surface area contributed by atoms with E-state index >= 15 is 0 Å². The number of methoxy groups -OCH3 is 1. The fraction of sp³-hybridized carbons (Fsp3) is 0.357. The number of aliphatic carboxylic acids is 1. The highest BCUT2D eigenvalue weighted by Gasteiger charge is 2.40. The van der Waals surface area contributed by atoms with Gasteiger partial charge in [-0.3, -0.25) is 14.4 Å². The first-order valence-electron chi connectivity index (χ1n) is 6.37. The molecule has 1 aliphatic heterocycles. The van der Waals surface area contributed by atoms with E-state index in [4.69, 9.17) is 9.84 Å². The molecule has 1 saturated heterocycles. The minimum absolute atomic E-state index is 0.0305. The van der Waals surface area contributed by atoms with Crippen LogP contribution in [0.1, 0.15) is 12.8 Å². The molecule has 0 aliphatic carbocycles. The van der Waals surface area contributed by atoms with E-state index in [-0.39, 0.29) is 24.7 Å². The van der Waals surface area contributed by atoms with Crippen LogP contribution in [0.3, 0.4) is 0 Å². The van der Waals surface area contributed by atoms with Gasteiger partial charge < -0.3 is 9.84 Å². The van der Waals surface area contributed by atoms with Gasteiger partial charge in [0.25, 0.3) is 0 Å². The number of carbonyl (C=O) groups is 3. The molecule has 0 aromatic heterocycles. The van der Waals surface area contributed by atoms with Crippen LogP contribution >= 0.6 is 11.8 Å². The molecule has 2 amide bonds. The number of thioether (sulfide) groups is 1. The number of hydrogen-bond donors (Lipinski definition) is 1. The Kier molecular flexibility index (Phi) is 4.85. The third-order valence-corrected chi connectivity index (χ3v) is 4.28. The van der Waals surface area contributed by atoms with Crippen molar-refractivity contribution in [1.29, 1.82) is 0 Å². The summed E-state index contributed by atoms with van der Waals surface area (Å²) in [6, 6.07) is 6.81. The number of benzene rings is 1. The second-order valence-corrected chi connectivity index (χ2v) is 5.76. The van der Waals surface area contributed by atoms with Gasteiger partial charge in [-0.2, -0.15) is 0 Å². The van der Waals surface area contributed by atoms with Crippen molar-refractivity contribution in [3.05, 3.63) is 24.3 Å². The molecule has 1 aliphatic rings. The van der Waals surface area contributed by atoms with Crippen LogP contribution in [-0.2, 0) is 14.4 Å². The average molecular weight is 309 g/mol.